The number of aromatic nitrogens is 1. The van der Waals surface area contributed by atoms with Crippen molar-refractivity contribution < 1.29 is 33.6 Å². The maximum Gasteiger partial charge on any atom is 0.301 e. The number of Topliss-reactive ketones (excluding diaryl/α,β-unsaturated/α-hetero) is 1. The summed E-state index contributed by atoms with van der Waals surface area (Å²) in [7, 11) is 0. The van der Waals surface area contributed by atoms with Crippen LogP contribution in [-0.4, -0.2) is 47.7 Å². The molecule has 1 fully saturated rings. The zero-order valence-electron chi connectivity index (χ0n) is 24.4. The van der Waals surface area contributed by atoms with Gasteiger partial charge in [0.1, 0.15) is 23.4 Å². The van der Waals surface area contributed by atoms with E-state index in [1.165, 1.54) is 16.2 Å². The number of benzene rings is 3. The van der Waals surface area contributed by atoms with Crippen LogP contribution in [0, 0.1) is 0 Å². The average molecular weight is 601 g/mol. The van der Waals surface area contributed by atoms with Crippen molar-refractivity contribution in [1.82, 2.24) is 4.98 Å². The maximum atomic E-state index is 13.8. The fourth-order valence-electron chi connectivity index (χ4n) is 5.56. The number of carbonyl (C=O) groups is 2. The van der Waals surface area contributed by atoms with Crippen molar-refractivity contribution in [2.45, 2.75) is 46.3 Å². The van der Waals surface area contributed by atoms with E-state index in [0.717, 1.165) is 16.0 Å². The van der Waals surface area contributed by atoms with Gasteiger partial charge >= 0.3 is 5.91 Å². The van der Waals surface area contributed by atoms with Crippen LogP contribution in [0.15, 0.2) is 60.2 Å². The van der Waals surface area contributed by atoms with Gasteiger partial charge in [0.05, 0.1) is 41.7 Å². The van der Waals surface area contributed by atoms with Crippen molar-refractivity contribution >= 4 is 44.1 Å². The summed E-state index contributed by atoms with van der Waals surface area (Å²) in [5.74, 6) is 0.610. The molecule has 6 rings (SSSR count). The summed E-state index contributed by atoms with van der Waals surface area (Å²) in [5, 5.41) is 12.0. The minimum atomic E-state index is -0.967. The SMILES string of the molecule is CCOc1ccc2nc(N3C(=O)C(=O)/C(=C(/O)c4ccc5c(c4)C[C@H](C)O5)[C@H]3c3ccc(OCC)c(OCC)c3)sc2c1. The lowest BCUT2D eigenvalue weighted by atomic mass is 9.94. The Balaban J connectivity index is 1.53. The molecule has 9 nitrogen and oxygen atoms in total. The Bertz CT molecular complexity index is 1760. The van der Waals surface area contributed by atoms with Crippen LogP contribution in [0.4, 0.5) is 5.13 Å². The van der Waals surface area contributed by atoms with E-state index in [9.17, 15) is 14.7 Å². The van der Waals surface area contributed by atoms with Crippen molar-refractivity contribution in [2.24, 2.45) is 0 Å². The number of anilines is 1. The minimum Gasteiger partial charge on any atom is -0.507 e. The first-order valence-corrected chi connectivity index (χ1v) is 15.2. The van der Waals surface area contributed by atoms with Gasteiger partial charge in [0.15, 0.2) is 16.6 Å². The Morgan fingerprint density at radius 3 is 2.51 bits per heavy atom. The third-order valence-corrected chi connectivity index (χ3v) is 8.38. The number of thiazole rings is 1. The van der Waals surface area contributed by atoms with Gasteiger partial charge in [-0.1, -0.05) is 17.4 Å². The van der Waals surface area contributed by atoms with Crippen LogP contribution in [0.1, 0.15) is 50.4 Å². The fourth-order valence-corrected chi connectivity index (χ4v) is 6.58. The molecule has 2 aliphatic rings. The molecule has 10 heteroatoms. The monoisotopic (exact) mass is 600 g/mol. The first-order valence-electron chi connectivity index (χ1n) is 14.4. The van der Waals surface area contributed by atoms with Crippen LogP contribution in [0.5, 0.6) is 23.0 Å². The van der Waals surface area contributed by atoms with E-state index in [2.05, 4.69) is 0 Å². The molecular formula is C33H32N2O7S. The van der Waals surface area contributed by atoms with Gasteiger partial charge in [0.25, 0.3) is 5.78 Å². The third-order valence-electron chi connectivity index (χ3n) is 7.36. The second-order valence-electron chi connectivity index (χ2n) is 10.3. The molecule has 4 aromatic rings. The molecule has 0 spiro atoms. The lowest BCUT2D eigenvalue weighted by Gasteiger charge is -2.24. The number of carbonyl (C=O) groups excluding carboxylic acids is 2. The standard InChI is InChI=1S/C33H32N2O7S/c1-5-39-22-10-11-23-27(17-22)43-33(34-23)35-29(19-8-13-25(40-6-2)26(16-19)41-7-3)28(31(37)32(35)38)30(36)20-9-12-24-21(15-20)14-18(4)42-24/h8-13,15-18,29,36H,5-7,14H2,1-4H3/b30-28+/t18-,29+/m0/s1. The summed E-state index contributed by atoms with van der Waals surface area (Å²) in [6, 6.07) is 15.1. The number of hydrogen-bond acceptors (Lipinski definition) is 9. The summed E-state index contributed by atoms with van der Waals surface area (Å²) >= 11 is 1.28. The quantitative estimate of drug-likeness (QED) is 0.133. The average Bonchev–Trinajstić information content (AvgIpc) is 3.66. The number of rotatable bonds is 9. The molecule has 0 bridgehead atoms. The topological polar surface area (TPSA) is 107 Å². The van der Waals surface area contributed by atoms with E-state index in [0.29, 0.717) is 65.3 Å². The summed E-state index contributed by atoms with van der Waals surface area (Å²) in [6.07, 6.45) is 0.696. The van der Waals surface area contributed by atoms with E-state index in [1.807, 2.05) is 52.0 Å². The van der Waals surface area contributed by atoms with Crippen LogP contribution in [0.3, 0.4) is 0 Å². The Morgan fingerprint density at radius 2 is 1.74 bits per heavy atom. The second-order valence-corrected chi connectivity index (χ2v) is 11.3. The molecule has 0 unspecified atom stereocenters. The van der Waals surface area contributed by atoms with Gasteiger partial charge in [-0.3, -0.25) is 14.5 Å². The Kier molecular flexibility index (Phi) is 7.70. The lowest BCUT2D eigenvalue weighted by Crippen LogP contribution is -2.29. The van der Waals surface area contributed by atoms with Crippen LogP contribution < -0.4 is 23.8 Å². The summed E-state index contributed by atoms with van der Waals surface area (Å²) in [4.78, 5) is 33.7. The Hall–Kier alpha value is -4.57. The largest absolute Gasteiger partial charge is 0.507 e. The smallest absolute Gasteiger partial charge is 0.301 e. The molecule has 3 aromatic carbocycles. The van der Waals surface area contributed by atoms with Gasteiger partial charge in [-0.15, -0.1) is 0 Å². The fraction of sp³-hybridized carbons (Fsp3) is 0.303. The number of fused-ring (bicyclic) bond motifs is 2. The van der Waals surface area contributed by atoms with Gasteiger partial charge in [-0.2, -0.15) is 0 Å². The number of ketones is 1. The molecule has 222 valence electrons. The minimum absolute atomic E-state index is 0.0149. The molecule has 1 N–H and O–H groups in total. The van der Waals surface area contributed by atoms with E-state index in [-0.39, 0.29) is 17.4 Å². The highest BCUT2D eigenvalue weighted by atomic mass is 32.1. The van der Waals surface area contributed by atoms with Crippen molar-refractivity contribution in [3.8, 4) is 23.0 Å². The number of aliphatic hydroxyl groups excluding tert-OH is 1. The molecule has 0 saturated carbocycles. The van der Waals surface area contributed by atoms with Gasteiger partial charge in [0.2, 0.25) is 0 Å². The molecule has 1 amide bonds. The van der Waals surface area contributed by atoms with Crippen LogP contribution in [-0.2, 0) is 16.0 Å². The van der Waals surface area contributed by atoms with Gasteiger partial charge in [-0.05, 0) is 87.4 Å². The molecule has 43 heavy (non-hydrogen) atoms. The summed E-state index contributed by atoms with van der Waals surface area (Å²) < 4.78 is 23.9. The number of nitrogens with zero attached hydrogens (tertiary/aromatic N) is 2. The van der Waals surface area contributed by atoms with Gasteiger partial charge < -0.3 is 24.1 Å². The summed E-state index contributed by atoms with van der Waals surface area (Å²) in [6.45, 7) is 8.97. The molecule has 3 heterocycles. The first-order chi connectivity index (χ1) is 20.8. The van der Waals surface area contributed by atoms with Gasteiger partial charge in [0, 0.05) is 12.0 Å². The third kappa shape index (κ3) is 5.16. The highest BCUT2D eigenvalue weighted by Gasteiger charge is 2.48. The van der Waals surface area contributed by atoms with Crippen LogP contribution in [0.25, 0.3) is 16.0 Å². The zero-order valence-corrected chi connectivity index (χ0v) is 25.2. The molecule has 1 saturated heterocycles. The number of ether oxygens (including phenoxy) is 4. The number of aliphatic hydroxyl groups is 1. The van der Waals surface area contributed by atoms with Crippen molar-refractivity contribution in [3.05, 3.63) is 76.9 Å². The lowest BCUT2D eigenvalue weighted by molar-refractivity contribution is -0.132. The van der Waals surface area contributed by atoms with E-state index in [4.69, 9.17) is 23.9 Å². The normalized spacial score (nSPS) is 19.0. The van der Waals surface area contributed by atoms with E-state index < -0.39 is 17.7 Å². The van der Waals surface area contributed by atoms with Crippen LogP contribution in [0.2, 0.25) is 0 Å². The summed E-state index contributed by atoms with van der Waals surface area (Å²) in [5.41, 5.74) is 2.57. The van der Waals surface area contributed by atoms with Gasteiger partial charge in [-0.25, -0.2) is 4.98 Å². The number of hydrogen-bond donors (Lipinski definition) is 1. The molecule has 2 aliphatic heterocycles. The zero-order chi connectivity index (χ0) is 30.2. The highest BCUT2D eigenvalue weighted by Crippen LogP contribution is 2.46. The molecular weight excluding hydrogens is 568 g/mol. The predicted octanol–water partition coefficient (Wildman–Crippen LogP) is 6.44. The van der Waals surface area contributed by atoms with Crippen LogP contribution >= 0.6 is 11.3 Å². The van der Waals surface area contributed by atoms with Crippen molar-refractivity contribution in [3.63, 3.8) is 0 Å². The predicted molar refractivity (Wildman–Crippen MR) is 165 cm³/mol. The van der Waals surface area contributed by atoms with E-state index >= 15 is 0 Å². The Morgan fingerprint density at radius 1 is 0.977 bits per heavy atom. The Labute approximate surface area is 253 Å². The van der Waals surface area contributed by atoms with Crippen molar-refractivity contribution in [2.75, 3.05) is 24.7 Å². The van der Waals surface area contributed by atoms with E-state index in [1.54, 1.807) is 30.3 Å². The molecule has 0 radical (unpaired) electrons. The molecule has 0 aliphatic carbocycles. The number of amides is 1. The molecule has 2 atom stereocenters. The highest BCUT2D eigenvalue weighted by molar-refractivity contribution is 7.22. The molecule has 1 aromatic heterocycles. The second kappa shape index (κ2) is 11.6. The van der Waals surface area contributed by atoms with Crippen molar-refractivity contribution in [1.29, 1.82) is 0 Å². The first kappa shape index (κ1) is 28.5. The maximum absolute atomic E-state index is 13.8.